The lowest BCUT2D eigenvalue weighted by atomic mass is 10.3. The Morgan fingerprint density at radius 3 is 3.09 bits per heavy atom. The van der Waals surface area contributed by atoms with Crippen molar-refractivity contribution >= 4 is 11.6 Å². The van der Waals surface area contributed by atoms with Crippen molar-refractivity contribution in [3.63, 3.8) is 0 Å². The number of hydrogen-bond donors (Lipinski definition) is 0. The second-order valence-electron chi connectivity index (χ2n) is 1.89. The van der Waals surface area contributed by atoms with Crippen LogP contribution in [-0.4, -0.2) is 4.98 Å². The highest BCUT2D eigenvalue weighted by molar-refractivity contribution is 6.30. The highest BCUT2D eigenvalue weighted by atomic mass is 35.5. The Balaban J connectivity index is 3.08. The molecule has 0 radical (unpaired) electrons. The van der Waals surface area contributed by atoms with Crippen LogP contribution in [0.5, 0.6) is 0 Å². The minimum atomic E-state index is -0.601. The van der Waals surface area contributed by atoms with Crippen LogP contribution < -0.4 is 0 Å². The van der Waals surface area contributed by atoms with E-state index in [4.69, 9.17) is 16.9 Å². The lowest BCUT2D eigenvalue weighted by Crippen LogP contribution is -1.93. The Morgan fingerprint density at radius 2 is 2.45 bits per heavy atom. The van der Waals surface area contributed by atoms with E-state index in [0.717, 1.165) is 0 Å². The van der Waals surface area contributed by atoms with Gasteiger partial charge in [0.05, 0.1) is 23.2 Å². The van der Waals surface area contributed by atoms with Gasteiger partial charge in [0.1, 0.15) is 0 Å². The van der Waals surface area contributed by atoms with Crippen molar-refractivity contribution < 1.29 is 4.39 Å². The van der Waals surface area contributed by atoms with Gasteiger partial charge in [-0.25, -0.2) is 4.39 Å². The maximum atomic E-state index is 12.8. The van der Waals surface area contributed by atoms with Crippen LogP contribution >= 0.6 is 11.6 Å². The van der Waals surface area contributed by atoms with Gasteiger partial charge in [-0.15, -0.1) is 0 Å². The van der Waals surface area contributed by atoms with E-state index in [1.54, 1.807) is 6.07 Å². The van der Waals surface area contributed by atoms with Gasteiger partial charge in [0.2, 0.25) is 0 Å². The van der Waals surface area contributed by atoms with Gasteiger partial charge >= 0.3 is 0 Å². The molecule has 0 atom stereocenters. The normalized spacial score (nSPS) is 9.18. The number of hydrogen-bond acceptors (Lipinski definition) is 2. The van der Waals surface area contributed by atoms with E-state index in [1.807, 2.05) is 0 Å². The molecule has 4 heteroatoms. The molecule has 2 nitrogen and oxygen atoms in total. The molecule has 0 aliphatic carbocycles. The molecule has 11 heavy (non-hydrogen) atoms. The van der Waals surface area contributed by atoms with Gasteiger partial charge in [0, 0.05) is 6.20 Å². The van der Waals surface area contributed by atoms with Gasteiger partial charge in [-0.2, -0.15) is 5.26 Å². The fourth-order valence-corrected chi connectivity index (χ4v) is 0.824. The largest absolute Gasteiger partial charge is 0.257 e. The number of nitrogens with zero attached hydrogens (tertiary/aromatic N) is 2. The third kappa shape index (κ3) is 1.66. The van der Waals surface area contributed by atoms with E-state index in [1.165, 1.54) is 12.3 Å². The van der Waals surface area contributed by atoms with Crippen LogP contribution in [0.15, 0.2) is 12.3 Å². The van der Waals surface area contributed by atoms with Crippen molar-refractivity contribution in [2.45, 2.75) is 6.42 Å². The number of nitriles is 1. The van der Waals surface area contributed by atoms with Crippen molar-refractivity contribution in [1.82, 2.24) is 4.98 Å². The molecule has 0 aliphatic rings. The molecule has 1 heterocycles. The number of halogens is 2. The van der Waals surface area contributed by atoms with Crippen LogP contribution in [-0.2, 0) is 6.42 Å². The lowest BCUT2D eigenvalue weighted by molar-refractivity contribution is 0.606. The SMILES string of the molecule is N#CCc1nccc(Cl)c1F. The molecular weight excluding hydrogens is 167 g/mol. The highest BCUT2D eigenvalue weighted by Crippen LogP contribution is 2.15. The summed E-state index contributed by atoms with van der Waals surface area (Å²) in [6, 6.07) is 3.14. The topological polar surface area (TPSA) is 36.7 Å². The molecule has 1 aromatic heterocycles. The molecule has 0 bridgehead atoms. The minimum absolute atomic E-state index is 0.00486. The Kier molecular flexibility index (Phi) is 2.40. The first-order valence-electron chi connectivity index (χ1n) is 2.91. The monoisotopic (exact) mass is 170 g/mol. The molecule has 0 aliphatic heterocycles. The Bertz CT molecular complexity index is 306. The summed E-state index contributed by atoms with van der Waals surface area (Å²) in [6.07, 6.45) is 1.32. The average Bonchev–Trinajstić information content (AvgIpc) is 1.99. The molecule has 0 saturated heterocycles. The van der Waals surface area contributed by atoms with Crippen molar-refractivity contribution in [3.8, 4) is 6.07 Å². The molecule has 1 rings (SSSR count). The van der Waals surface area contributed by atoms with Gasteiger partial charge in [0.25, 0.3) is 0 Å². The van der Waals surface area contributed by atoms with E-state index in [0.29, 0.717) is 0 Å². The summed E-state index contributed by atoms with van der Waals surface area (Å²) in [5.41, 5.74) is 0.0972. The van der Waals surface area contributed by atoms with E-state index >= 15 is 0 Å². The lowest BCUT2D eigenvalue weighted by Gasteiger charge is -1.96. The van der Waals surface area contributed by atoms with Crippen molar-refractivity contribution in [2.24, 2.45) is 0 Å². The summed E-state index contributed by atoms with van der Waals surface area (Å²) in [6.45, 7) is 0. The fraction of sp³-hybridized carbons (Fsp3) is 0.143. The second-order valence-corrected chi connectivity index (χ2v) is 2.30. The zero-order valence-electron chi connectivity index (χ0n) is 5.51. The van der Waals surface area contributed by atoms with Crippen LogP contribution in [0.4, 0.5) is 4.39 Å². The second kappa shape index (κ2) is 3.31. The first-order valence-corrected chi connectivity index (χ1v) is 3.29. The molecule has 0 spiro atoms. The molecule has 0 aromatic carbocycles. The predicted molar refractivity (Wildman–Crippen MR) is 38.5 cm³/mol. The number of aromatic nitrogens is 1. The van der Waals surface area contributed by atoms with Crippen molar-refractivity contribution in [3.05, 3.63) is 28.8 Å². The minimum Gasteiger partial charge on any atom is -0.257 e. The average molecular weight is 171 g/mol. The number of rotatable bonds is 1. The van der Waals surface area contributed by atoms with Gasteiger partial charge < -0.3 is 0 Å². The molecular formula is C7H4ClFN2. The van der Waals surface area contributed by atoms with E-state index in [-0.39, 0.29) is 17.1 Å². The summed E-state index contributed by atoms with van der Waals surface area (Å²) in [7, 11) is 0. The molecule has 0 amide bonds. The smallest absolute Gasteiger partial charge is 0.164 e. The molecule has 0 fully saturated rings. The summed E-state index contributed by atoms with van der Waals surface area (Å²) < 4.78 is 12.8. The first kappa shape index (κ1) is 7.96. The van der Waals surface area contributed by atoms with Crippen LogP contribution in [0.25, 0.3) is 0 Å². The Morgan fingerprint density at radius 1 is 1.73 bits per heavy atom. The zero-order valence-corrected chi connectivity index (χ0v) is 6.27. The van der Waals surface area contributed by atoms with E-state index < -0.39 is 5.82 Å². The molecule has 0 N–H and O–H groups in total. The van der Waals surface area contributed by atoms with Crippen LogP contribution in [0.3, 0.4) is 0 Å². The third-order valence-corrected chi connectivity index (χ3v) is 1.45. The predicted octanol–water partition coefficient (Wildman–Crippen LogP) is 1.94. The third-order valence-electron chi connectivity index (χ3n) is 1.16. The zero-order chi connectivity index (χ0) is 8.27. The highest BCUT2D eigenvalue weighted by Gasteiger charge is 2.05. The molecule has 0 unspecified atom stereocenters. The summed E-state index contributed by atoms with van der Waals surface area (Å²) in [4.78, 5) is 3.65. The Hall–Kier alpha value is -1.14. The first-order chi connectivity index (χ1) is 5.25. The Labute approximate surface area is 68.2 Å². The van der Waals surface area contributed by atoms with Gasteiger partial charge in [-0.05, 0) is 6.07 Å². The van der Waals surface area contributed by atoms with Crippen molar-refractivity contribution in [1.29, 1.82) is 5.26 Å². The van der Waals surface area contributed by atoms with Gasteiger partial charge in [0.15, 0.2) is 5.82 Å². The summed E-state index contributed by atoms with van der Waals surface area (Å²) in [5.74, 6) is -0.601. The van der Waals surface area contributed by atoms with Crippen LogP contribution in [0.2, 0.25) is 5.02 Å². The van der Waals surface area contributed by atoms with Crippen LogP contribution in [0.1, 0.15) is 5.69 Å². The maximum absolute atomic E-state index is 12.8. The molecule has 56 valence electrons. The van der Waals surface area contributed by atoms with Crippen molar-refractivity contribution in [2.75, 3.05) is 0 Å². The van der Waals surface area contributed by atoms with E-state index in [2.05, 4.69) is 4.98 Å². The summed E-state index contributed by atoms with van der Waals surface area (Å²) >= 11 is 5.43. The molecule has 0 saturated carbocycles. The summed E-state index contributed by atoms with van der Waals surface area (Å²) in [5, 5.41) is 8.24. The fourth-order valence-electron chi connectivity index (χ4n) is 0.658. The maximum Gasteiger partial charge on any atom is 0.164 e. The number of pyridine rings is 1. The quantitative estimate of drug-likeness (QED) is 0.646. The van der Waals surface area contributed by atoms with Gasteiger partial charge in [-0.3, -0.25) is 4.98 Å². The van der Waals surface area contributed by atoms with Gasteiger partial charge in [-0.1, -0.05) is 11.6 Å². The standard InChI is InChI=1S/C7H4ClFN2/c8-5-2-4-11-6(1-3-10)7(5)9/h2,4H,1H2. The van der Waals surface area contributed by atoms with Crippen LogP contribution in [0, 0.1) is 17.1 Å². The molecule has 1 aromatic rings. The van der Waals surface area contributed by atoms with E-state index in [9.17, 15) is 4.39 Å².